The van der Waals surface area contributed by atoms with E-state index in [4.69, 9.17) is 0 Å². The van der Waals surface area contributed by atoms with E-state index < -0.39 is 19.7 Å². The van der Waals surface area contributed by atoms with Gasteiger partial charge in [0.2, 0.25) is 0 Å². The molecule has 1 atom stereocenters. The molecule has 0 saturated heterocycles. The van der Waals surface area contributed by atoms with Gasteiger partial charge in [0.1, 0.15) is 0 Å². The van der Waals surface area contributed by atoms with Crippen molar-refractivity contribution in [2.45, 2.75) is 12.7 Å². The normalized spacial score (nSPS) is 11.8. The zero-order valence-corrected chi connectivity index (χ0v) is 15.8. The molecule has 0 bridgehead atoms. The van der Waals surface area contributed by atoms with Gasteiger partial charge >= 0.3 is 5.97 Å². The van der Waals surface area contributed by atoms with Crippen LogP contribution in [0.3, 0.4) is 0 Å². The molecule has 2 N–H and O–H groups in total. The van der Waals surface area contributed by atoms with Gasteiger partial charge in [-0.05, 0) is 49.7 Å². The zero-order valence-electron chi connectivity index (χ0n) is 14.9. The lowest BCUT2D eigenvalue weighted by Gasteiger charge is -2.27. The molecule has 3 aromatic carbocycles. The van der Waals surface area contributed by atoms with E-state index in [1.807, 2.05) is 60.7 Å². The number of aliphatic carboxylic acids is 1. The minimum absolute atomic E-state index is 0.0212. The molecule has 0 aromatic heterocycles. The van der Waals surface area contributed by atoms with Gasteiger partial charge in [0.05, 0.1) is 0 Å². The number of carboxylic acids is 1. The number of carboxylic acid groups (broad SMARTS) is 1. The Hall–Kier alpha value is -2.97. The van der Waals surface area contributed by atoms with Crippen LogP contribution in [0.15, 0.2) is 84.9 Å². The fraction of sp³-hybridized carbons (Fsp3) is 0.0909. The smallest absolute Gasteiger partial charge is 0.331 e. The van der Waals surface area contributed by atoms with Crippen molar-refractivity contribution in [3.8, 4) is 0 Å². The van der Waals surface area contributed by atoms with Crippen molar-refractivity contribution in [2.24, 2.45) is 0 Å². The number of anilines is 1. The molecular formula is C22H20NO3P. The predicted molar refractivity (Wildman–Crippen MR) is 111 cm³/mol. The van der Waals surface area contributed by atoms with E-state index in [1.165, 1.54) is 6.92 Å². The molecule has 0 fully saturated rings. The fourth-order valence-corrected chi connectivity index (χ4v) is 5.20. The lowest BCUT2D eigenvalue weighted by Crippen LogP contribution is -2.34. The Kier molecular flexibility index (Phi) is 6.00. The van der Waals surface area contributed by atoms with Crippen LogP contribution in [0, 0.1) is 0 Å². The topological polar surface area (TPSA) is 66.4 Å². The number of hydrogen-bond donors (Lipinski definition) is 2. The van der Waals surface area contributed by atoms with Crippen LogP contribution in [0.1, 0.15) is 17.3 Å². The first kappa shape index (κ1) is 18.8. The second kappa shape index (κ2) is 8.61. The van der Waals surface area contributed by atoms with Crippen LogP contribution in [0.5, 0.6) is 0 Å². The van der Waals surface area contributed by atoms with Crippen molar-refractivity contribution < 1.29 is 14.7 Å². The molecule has 5 heteroatoms. The number of carbonyl (C=O) groups excluding carboxylic acids is 1. The summed E-state index contributed by atoms with van der Waals surface area (Å²) >= 11 is 0. The lowest BCUT2D eigenvalue weighted by atomic mass is 10.1. The average Bonchev–Trinajstić information content (AvgIpc) is 2.69. The number of ketones is 1. The maximum atomic E-state index is 12.2. The summed E-state index contributed by atoms with van der Waals surface area (Å²) in [5.74, 6) is -1.73. The Balaban J connectivity index is 1.98. The first-order valence-electron chi connectivity index (χ1n) is 8.56. The van der Waals surface area contributed by atoms with Crippen molar-refractivity contribution in [2.75, 3.05) is 5.32 Å². The van der Waals surface area contributed by atoms with Gasteiger partial charge in [-0.25, -0.2) is 4.79 Å². The highest BCUT2D eigenvalue weighted by molar-refractivity contribution is 7.74. The summed E-state index contributed by atoms with van der Waals surface area (Å²) in [5.41, 5.74) is 1.27. The third kappa shape index (κ3) is 4.60. The van der Waals surface area contributed by atoms with E-state index in [1.54, 1.807) is 24.3 Å². The molecule has 136 valence electrons. The summed E-state index contributed by atoms with van der Waals surface area (Å²) in [5, 5.41) is 15.1. The zero-order chi connectivity index (χ0) is 19.2. The van der Waals surface area contributed by atoms with Gasteiger partial charge in [-0.1, -0.05) is 60.7 Å². The lowest BCUT2D eigenvalue weighted by molar-refractivity contribution is -0.135. The molecule has 0 heterocycles. The standard InChI is InChI=1S/C22H20NO3P/c1-16(24)17-12-14-18(15-13-17)23-21(22(25)26)27(19-8-4-2-5-9-19)20-10-6-3-7-11-20/h2-15,21,23H,1H3,(H,25,26). The van der Waals surface area contributed by atoms with Gasteiger partial charge in [0.15, 0.2) is 11.6 Å². The second-order valence-electron chi connectivity index (χ2n) is 6.06. The van der Waals surface area contributed by atoms with Crippen molar-refractivity contribution in [1.29, 1.82) is 0 Å². The summed E-state index contributed by atoms with van der Waals surface area (Å²) in [4.78, 5) is 23.6. The first-order valence-corrected chi connectivity index (χ1v) is 9.97. The number of benzene rings is 3. The average molecular weight is 377 g/mol. The molecule has 1 unspecified atom stereocenters. The highest BCUT2D eigenvalue weighted by Gasteiger charge is 2.30. The predicted octanol–water partition coefficient (Wildman–Crippen LogP) is 3.84. The summed E-state index contributed by atoms with van der Waals surface area (Å²) in [6, 6.07) is 26.3. The van der Waals surface area contributed by atoms with Crippen LogP contribution >= 0.6 is 7.92 Å². The van der Waals surface area contributed by atoms with E-state index in [-0.39, 0.29) is 5.78 Å². The van der Waals surface area contributed by atoms with E-state index >= 15 is 0 Å². The fourth-order valence-electron chi connectivity index (χ4n) is 2.82. The molecule has 0 spiro atoms. The molecule has 0 saturated carbocycles. The third-order valence-corrected chi connectivity index (χ3v) is 6.73. The number of hydrogen-bond acceptors (Lipinski definition) is 3. The van der Waals surface area contributed by atoms with E-state index in [0.717, 1.165) is 10.6 Å². The van der Waals surface area contributed by atoms with E-state index in [2.05, 4.69) is 5.32 Å². The van der Waals surface area contributed by atoms with Crippen LogP contribution in [0.4, 0.5) is 5.69 Å². The minimum Gasteiger partial charge on any atom is -0.479 e. The Morgan fingerprint density at radius 3 is 1.70 bits per heavy atom. The number of carbonyl (C=O) groups is 2. The van der Waals surface area contributed by atoms with Crippen LogP contribution in [0.2, 0.25) is 0 Å². The maximum Gasteiger partial charge on any atom is 0.331 e. The Morgan fingerprint density at radius 2 is 1.30 bits per heavy atom. The summed E-state index contributed by atoms with van der Waals surface area (Å²) in [6.45, 7) is 1.51. The van der Waals surface area contributed by atoms with Gasteiger partial charge < -0.3 is 10.4 Å². The molecular weight excluding hydrogens is 357 g/mol. The van der Waals surface area contributed by atoms with Gasteiger partial charge in [0, 0.05) is 11.3 Å². The van der Waals surface area contributed by atoms with Crippen molar-refractivity contribution >= 4 is 36.0 Å². The number of nitrogens with one attached hydrogen (secondary N) is 1. The van der Waals surface area contributed by atoms with Gasteiger partial charge in [0.25, 0.3) is 0 Å². The maximum absolute atomic E-state index is 12.2. The van der Waals surface area contributed by atoms with Crippen molar-refractivity contribution in [1.82, 2.24) is 0 Å². The second-order valence-corrected chi connectivity index (χ2v) is 8.35. The molecule has 27 heavy (non-hydrogen) atoms. The van der Waals surface area contributed by atoms with Crippen molar-refractivity contribution in [3.63, 3.8) is 0 Å². The molecule has 3 rings (SSSR count). The Labute approximate surface area is 159 Å². The Morgan fingerprint density at radius 1 is 0.815 bits per heavy atom. The third-order valence-electron chi connectivity index (χ3n) is 4.16. The molecule has 4 nitrogen and oxygen atoms in total. The quantitative estimate of drug-likeness (QED) is 0.485. The highest BCUT2D eigenvalue weighted by Crippen LogP contribution is 2.40. The first-order chi connectivity index (χ1) is 13.1. The molecule has 0 aliphatic carbocycles. The monoisotopic (exact) mass is 377 g/mol. The van der Waals surface area contributed by atoms with Crippen LogP contribution in [-0.2, 0) is 4.79 Å². The molecule has 0 amide bonds. The summed E-state index contributed by atoms with van der Waals surface area (Å²) < 4.78 is 0. The van der Waals surface area contributed by atoms with Crippen LogP contribution < -0.4 is 15.9 Å². The number of rotatable bonds is 7. The van der Waals surface area contributed by atoms with Gasteiger partial charge in [-0.15, -0.1) is 0 Å². The van der Waals surface area contributed by atoms with Crippen LogP contribution in [-0.4, -0.2) is 22.6 Å². The SMILES string of the molecule is CC(=O)c1ccc(NC(C(=O)O)P(c2ccccc2)c2ccccc2)cc1. The van der Waals surface area contributed by atoms with Gasteiger partial charge in [-0.2, -0.15) is 0 Å². The van der Waals surface area contributed by atoms with Crippen LogP contribution in [0.25, 0.3) is 0 Å². The summed E-state index contributed by atoms with van der Waals surface area (Å²) in [6.07, 6.45) is 0. The highest BCUT2D eigenvalue weighted by atomic mass is 31.1. The van der Waals surface area contributed by atoms with Crippen molar-refractivity contribution in [3.05, 3.63) is 90.5 Å². The van der Waals surface area contributed by atoms with Gasteiger partial charge in [-0.3, -0.25) is 4.79 Å². The molecule has 0 radical (unpaired) electrons. The molecule has 0 aliphatic rings. The molecule has 0 aliphatic heterocycles. The Bertz CT molecular complexity index is 872. The number of Topliss-reactive ketones (excluding diaryl/α,β-unsaturated/α-hetero) is 1. The van der Waals surface area contributed by atoms with E-state index in [9.17, 15) is 14.7 Å². The van der Waals surface area contributed by atoms with E-state index in [0.29, 0.717) is 11.3 Å². The molecule has 3 aromatic rings. The largest absolute Gasteiger partial charge is 0.479 e. The summed E-state index contributed by atoms with van der Waals surface area (Å²) in [7, 11) is -1.18. The minimum atomic E-state index is -1.18.